The van der Waals surface area contributed by atoms with Crippen molar-refractivity contribution in [3.63, 3.8) is 0 Å². The first-order chi connectivity index (χ1) is 33.7. The van der Waals surface area contributed by atoms with Crippen LogP contribution >= 0.6 is 0 Å². The molecule has 3 aliphatic carbocycles. The molecule has 0 N–H and O–H groups in total. The second kappa shape index (κ2) is 17.0. The summed E-state index contributed by atoms with van der Waals surface area (Å²) in [7, 11) is 0. The summed E-state index contributed by atoms with van der Waals surface area (Å²) in [6.45, 7) is 0. The van der Waals surface area contributed by atoms with E-state index in [1.54, 1.807) is 0 Å². The summed E-state index contributed by atoms with van der Waals surface area (Å²) in [5, 5.41) is 4.90. The van der Waals surface area contributed by atoms with Crippen molar-refractivity contribution in [3.8, 4) is 39.3 Å². The second-order valence-electron chi connectivity index (χ2n) is 18.6. The molecule has 0 radical (unpaired) electrons. The molecule has 0 saturated carbocycles. The maximum Gasteiger partial charge on any atom is 0.138 e. The van der Waals surface area contributed by atoms with E-state index < -0.39 is 0 Å². The van der Waals surface area contributed by atoms with Crippen LogP contribution in [0.25, 0.3) is 88.8 Å². The summed E-state index contributed by atoms with van der Waals surface area (Å²) in [4.78, 5) is 11.2. The van der Waals surface area contributed by atoms with E-state index in [2.05, 4.69) is 228 Å². The van der Waals surface area contributed by atoms with Crippen molar-refractivity contribution in [2.45, 2.75) is 38.5 Å². The van der Waals surface area contributed by atoms with Crippen molar-refractivity contribution < 1.29 is 0 Å². The molecule has 0 bridgehead atoms. The Kier molecular flexibility index (Phi) is 10.0. The van der Waals surface area contributed by atoms with Crippen LogP contribution in [-0.4, -0.2) is 19.8 Å². The van der Waals surface area contributed by atoms with Crippen molar-refractivity contribution >= 4 is 55.1 Å². The third kappa shape index (κ3) is 7.07. The third-order valence-electron chi connectivity index (χ3n) is 14.5. The minimum Gasteiger partial charge on any atom is -0.294 e. The zero-order valence-corrected chi connectivity index (χ0v) is 38.0. The van der Waals surface area contributed by atoms with Crippen LogP contribution in [0.15, 0.2) is 240 Å². The molecular weight excluding hydrogens is 825 g/mol. The first kappa shape index (κ1) is 40.2. The largest absolute Gasteiger partial charge is 0.294 e. The SMILES string of the molecule is C1=CCC(C2C=C(C3=CCCC=C3)C=C(C3=NC(n4c5ccccc5c5c6c7ccccc7n(-c7cccc(-c8cc(-c9ccccc9)cc(-c9ccccc9)c8)n7)c6ccc54)=CCC3)C2)C=C1. The van der Waals surface area contributed by atoms with Crippen molar-refractivity contribution in [1.82, 2.24) is 14.1 Å². The van der Waals surface area contributed by atoms with Crippen LogP contribution in [0.4, 0.5) is 0 Å². The van der Waals surface area contributed by atoms with Gasteiger partial charge in [-0.25, -0.2) is 9.98 Å². The quantitative estimate of drug-likeness (QED) is 0.150. The van der Waals surface area contributed by atoms with Crippen LogP contribution in [-0.2, 0) is 0 Å². The topological polar surface area (TPSA) is 35.1 Å². The molecule has 0 amide bonds. The molecule has 4 heteroatoms. The average molecular weight is 875 g/mol. The lowest BCUT2D eigenvalue weighted by Crippen LogP contribution is -2.20. The second-order valence-corrected chi connectivity index (χ2v) is 18.6. The van der Waals surface area contributed by atoms with Gasteiger partial charge in [0.15, 0.2) is 0 Å². The van der Waals surface area contributed by atoms with Crippen LogP contribution < -0.4 is 0 Å². The van der Waals surface area contributed by atoms with Crippen LogP contribution in [0.3, 0.4) is 0 Å². The number of aromatic nitrogens is 3. The fraction of sp³-hybridized carbons (Fsp3) is 0.125. The highest BCUT2D eigenvalue weighted by atomic mass is 15.1. The molecular formula is C64H50N4. The average Bonchev–Trinajstić information content (AvgIpc) is 3.95. The summed E-state index contributed by atoms with van der Waals surface area (Å²) in [5.74, 6) is 2.82. The number of nitrogens with zero attached hydrogens (tertiary/aromatic N) is 4. The van der Waals surface area contributed by atoms with Crippen LogP contribution in [0.5, 0.6) is 0 Å². The molecule has 0 spiro atoms. The predicted octanol–water partition coefficient (Wildman–Crippen LogP) is 16.6. The number of para-hydroxylation sites is 2. The molecule has 9 aromatic rings. The summed E-state index contributed by atoms with van der Waals surface area (Å²) in [5.41, 5.74) is 16.6. The fourth-order valence-corrected chi connectivity index (χ4v) is 11.3. The number of rotatable bonds is 8. The Bertz CT molecular complexity index is 3670. The highest BCUT2D eigenvalue weighted by Crippen LogP contribution is 2.44. The summed E-state index contributed by atoms with van der Waals surface area (Å²) >= 11 is 0. The summed E-state index contributed by atoms with van der Waals surface area (Å²) in [6.07, 6.45) is 29.8. The molecule has 0 fully saturated rings. The number of fused-ring (bicyclic) bond motifs is 7. The minimum absolute atomic E-state index is 0.430. The molecule has 326 valence electrons. The molecule has 2 atom stereocenters. The Labute approximate surface area is 397 Å². The highest BCUT2D eigenvalue weighted by molar-refractivity contribution is 6.29. The van der Waals surface area contributed by atoms with Gasteiger partial charge in [0, 0.05) is 32.8 Å². The lowest BCUT2D eigenvalue weighted by molar-refractivity contribution is 0.471. The number of hydrogen-bond acceptors (Lipinski definition) is 2. The van der Waals surface area contributed by atoms with E-state index in [1.807, 2.05) is 0 Å². The van der Waals surface area contributed by atoms with Crippen molar-refractivity contribution in [2.24, 2.45) is 16.8 Å². The minimum atomic E-state index is 0.430. The number of pyridine rings is 1. The highest BCUT2D eigenvalue weighted by Gasteiger charge is 2.28. The Balaban J connectivity index is 0.944. The standard InChI is InChI=1S/C64H50N4/c1-5-19-43(20-6-1)47-37-48(44-21-7-2-8-22-44)40-51(39-47)55-29-17-33-61(65-55)67-57-31-15-13-27-53(57)63-59(67)35-36-60-64(63)54-28-14-16-32-58(54)68(60)62-34-18-30-56(66-62)52-41-49(45-23-9-3-10-24-45)38-50(42-52)46-25-11-4-12-26-46/h1-3,5-11,13-17,19-23,25-29,31-40,42,45,49H,4,12,18,24,30,41H2. The predicted molar refractivity (Wildman–Crippen MR) is 286 cm³/mol. The fourth-order valence-electron chi connectivity index (χ4n) is 11.3. The number of benzene rings is 6. The van der Waals surface area contributed by atoms with Gasteiger partial charge in [-0.05, 0) is 156 Å². The number of allylic oxidation sites excluding steroid dienone is 13. The van der Waals surface area contributed by atoms with Crippen LogP contribution in [0, 0.1) is 11.8 Å². The molecule has 4 aliphatic rings. The maximum absolute atomic E-state index is 5.65. The smallest absolute Gasteiger partial charge is 0.138 e. The van der Waals surface area contributed by atoms with Crippen molar-refractivity contribution in [3.05, 3.63) is 235 Å². The lowest BCUT2D eigenvalue weighted by atomic mass is 9.76. The molecule has 2 unspecified atom stereocenters. The Morgan fingerprint density at radius 2 is 1.18 bits per heavy atom. The van der Waals surface area contributed by atoms with Crippen molar-refractivity contribution in [2.75, 3.05) is 0 Å². The number of aliphatic imine (C=N–C) groups is 1. The van der Waals surface area contributed by atoms with E-state index in [9.17, 15) is 0 Å². The lowest BCUT2D eigenvalue weighted by Gasteiger charge is -2.30. The first-order valence-electron chi connectivity index (χ1n) is 24.3. The normalized spacial score (nSPS) is 18.2. The van der Waals surface area contributed by atoms with Gasteiger partial charge in [0.1, 0.15) is 11.6 Å². The van der Waals surface area contributed by atoms with E-state index in [0.717, 1.165) is 72.5 Å². The molecule has 4 nitrogen and oxygen atoms in total. The van der Waals surface area contributed by atoms with E-state index in [-0.39, 0.29) is 0 Å². The molecule has 68 heavy (non-hydrogen) atoms. The van der Waals surface area contributed by atoms with Gasteiger partial charge in [-0.3, -0.25) is 9.13 Å². The van der Waals surface area contributed by atoms with E-state index in [4.69, 9.17) is 9.98 Å². The van der Waals surface area contributed by atoms with Gasteiger partial charge in [0.25, 0.3) is 0 Å². The Morgan fingerprint density at radius 3 is 1.87 bits per heavy atom. The van der Waals surface area contributed by atoms with E-state index in [0.29, 0.717) is 11.8 Å². The molecule has 0 saturated heterocycles. The molecule has 4 heterocycles. The van der Waals surface area contributed by atoms with Crippen molar-refractivity contribution in [1.29, 1.82) is 0 Å². The van der Waals surface area contributed by atoms with Gasteiger partial charge in [-0.1, -0.05) is 152 Å². The Hall–Kier alpha value is -8.08. The summed E-state index contributed by atoms with van der Waals surface area (Å²) in [6, 6.07) is 57.0. The van der Waals surface area contributed by atoms with Gasteiger partial charge in [0.05, 0.1) is 27.8 Å². The zero-order valence-electron chi connectivity index (χ0n) is 38.0. The van der Waals surface area contributed by atoms with Gasteiger partial charge in [0.2, 0.25) is 0 Å². The van der Waals surface area contributed by atoms with Gasteiger partial charge >= 0.3 is 0 Å². The number of hydrogen-bond donors (Lipinski definition) is 0. The van der Waals surface area contributed by atoms with E-state index in [1.165, 1.54) is 77.3 Å². The molecule has 3 aromatic heterocycles. The zero-order chi connectivity index (χ0) is 45.0. The third-order valence-corrected chi connectivity index (χ3v) is 14.5. The monoisotopic (exact) mass is 874 g/mol. The van der Waals surface area contributed by atoms with Gasteiger partial charge in [-0.15, -0.1) is 0 Å². The molecule has 13 rings (SSSR count). The van der Waals surface area contributed by atoms with Crippen LogP contribution in [0.2, 0.25) is 0 Å². The first-order valence-corrected chi connectivity index (χ1v) is 24.3. The van der Waals surface area contributed by atoms with Gasteiger partial charge in [-0.2, -0.15) is 0 Å². The van der Waals surface area contributed by atoms with Gasteiger partial charge < -0.3 is 0 Å². The molecule has 6 aromatic carbocycles. The van der Waals surface area contributed by atoms with E-state index >= 15 is 0 Å². The maximum atomic E-state index is 5.65. The Morgan fingerprint density at radius 1 is 0.500 bits per heavy atom. The summed E-state index contributed by atoms with van der Waals surface area (Å²) < 4.78 is 4.79. The van der Waals surface area contributed by atoms with Crippen LogP contribution in [0.1, 0.15) is 38.5 Å². The molecule has 1 aliphatic heterocycles.